The predicted molar refractivity (Wildman–Crippen MR) is 91.2 cm³/mol. The van der Waals surface area contributed by atoms with E-state index in [1.807, 2.05) is 0 Å². The van der Waals surface area contributed by atoms with Crippen molar-refractivity contribution in [2.24, 2.45) is 0 Å². The minimum absolute atomic E-state index is 0.100. The van der Waals surface area contributed by atoms with E-state index in [4.69, 9.17) is 5.73 Å². The van der Waals surface area contributed by atoms with Gasteiger partial charge in [0.1, 0.15) is 4.88 Å². The van der Waals surface area contributed by atoms with Gasteiger partial charge in [0.05, 0.1) is 10.7 Å². The molecule has 0 atom stereocenters. The summed E-state index contributed by atoms with van der Waals surface area (Å²) in [6.07, 6.45) is 6.15. The molecule has 0 radical (unpaired) electrons. The fourth-order valence-corrected chi connectivity index (χ4v) is 3.63. The third kappa shape index (κ3) is 3.59. The van der Waals surface area contributed by atoms with Gasteiger partial charge in [0.2, 0.25) is 0 Å². The minimum atomic E-state index is -0.100. The topological polar surface area (TPSA) is 67.2 Å². The van der Waals surface area contributed by atoms with Crippen LogP contribution < -0.4 is 16.4 Å². The molecule has 21 heavy (non-hydrogen) atoms. The van der Waals surface area contributed by atoms with Crippen LogP contribution in [0.25, 0.3) is 0 Å². The molecule has 1 saturated carbocycles. The van der Waals surface area contributed by atoms with E-state index in [1.165, 1.54) is 24.2 Å². The molecule has 0 spiro atoms. The van der Waals surface area contributed by atoms with Crippen molar-refractivity contribution in [3.63, 3.8) is 0 Å². The Morgan fingerprint density at radius 2 is 2.14 bits per heavy atom. The number of anilines is 2. The monoisotopic (exact) mass is 307 g/mol. The lowest BCUT2D eigenvalue weighted by Crippen LogP contribution is -2.23. The predicted octanol–water partition coefficient (Wildman–Crippen LogP) is 3.72. The van der Waals surface area contributed by atoms with Gasteiger partial charge in [0.15, 0.2) is 0 Å². The number of carbonyl (C=O) groups excluding carboxylic acids is 1. The Balaban J connectivity index is 2.26. The Morgan fingerprint density at radius 1 is 1.48 bits per heavy atom. The SMILES string of the molecule is C=CCNC(=O)c1sc(NC(CC)CC)c(C2CC2)c1N. The molecular weight excluding hydrogens is 282 g/mol. The third-order valence-corrected chi connectivity index (χ3v) is 5.05. The molecule has 0 saturated heterocycles. The van der Waals surface area contributed by atoms with Gasteiger partial charge in [-0.1, -0.05) is 19.9 Å². The highest BCUT2D eigenvalue weighted by molar-refractivity contribution is 7.18. The van der Waals surface area contributed by atoms with E-state index in [0.717, 1.165) is 23.4 Å². The number of nitrogens with two attached hydrogens (primary N) is 1. The highest BCUT2D eigenvalue weighted by Crippen LogP contribution is 2.51. The molecule has 1 heterocycles. The normalized spacial score (nSPS) is 14.2. The van der Waals surface area contributed by atoms with Gasteiger partial charge in [-0.05, 0) is 31.6 Å². The number of rotatable bonds is 8. The first-order valence-corrected chi connectivity index (χ1v) is 8.51. The van der Waals surface area contributed by atoms with Gasteiger partial charge in [-0.25, -0.2) is 0 Å². The Labute approximate surface area is 130 Å². The fourth-order valence-electron chi connectivity index (χ4n) is 2.43. The molecule has 0 aliphatic heterocycles. The molecule has 1 aromatic heterocycles. The molecule has 116 valence electrons. The van der Waals surface area contributed by atoms with Crippen molar-refractivity contribution in [3.05, 3.63) is 23.1 Å². The first kappa shape index (κ1) is 15.9. The van der Waals surface area contributed by atoms with Crippen LogP contribution >= 0.6 is 11.3 Å². The Bertz CT molecular complexity index is 516. The maximum Gasteiger partial charge on any atom is 0.263 e. The number of carbonyl (C=O) groups is 1. The zero-order chi connectivity index (χ0) is 15.4. The van der Waals surface area contributed by atoms with E-state index in [1.54, 1.807) is 6.08 Å². The lowest BCUT2D eigenvalue weighted by molar-refractivity contribution is 0.0963. The molecule has 0 aromatic carbocycles. The quantitative estimate of drug-likeness (QED) is 0.641. The number of nitrogen functional groups attached to an aromatic ring is 1. The summed E-state index contributed by atoms with van der Waals surface area (Å²) in [4.78, 5) is 12.8. The molecular formula is C16H25N3OS. The molecule has 0 bridgehead atoms. The van der Waals surface area contributed by atoms with E-state index in [-0.39, 0.29) is 5.91 Å². The molecule has 2 rings (SSSR count). The molecule has 4 nitrogen and oxygen atoms in total. The summed E-state index contributed by atoms with van der Waals surface area (Å²) in [6, 6.07) is 0.435. The maximum absolute atomic E-state index is 12.2. The fraction of sp³-hybridized carbons (Fsp3) is 0.562. The first-order valence-electron chi connectivity index (χ1n) is 7.70. The maximum atomic E-state index is 12.2. The van der Waals surface area contributed by atoms with Crippen molar-refractivity contribution in [2.45, 2.75) is 51.5 Å². The Hall–Kier alpha value is -1.49. The second kappa shape index (κ2) is 6.98. The van der Waals surface area contributed by atoms with Crippen LogP contribution in [0.1, 0.15) is 60.7 Å². The lowest BCUT2D eigenvalue weighted by atomic mass is 10.1. The van der Waals surface area contributed by atoms with Crippen LogP contribution in [0.3, 0.4) is 0 Å². The number of amides is 1. The average molecular weight is 307 g/mol. The summed E-state index contributed by atoms with van der Waals surface area (Å²) >= 11 is 1.49. The molecule has 1 amide bonds. The van der Waals surface area contributed by atoms with Crippen molar-refractivity contribution in [1.29, 1.82) is 0 Å². The van der Waals surface area contributed by atoms with Crippen LogP contribution in [-0.2, 0) is 0 Å². The van der Waals surface area contributed by atoms with Gasteiger partial charge in [0, 0.05) is 18.2 Å². The molecule has 5 heteroatoms. The molecule has 1 fully saturated rings. The highest BCUT2D eigenvalue weighted by atomic mass is 32.1. The summed E-state index contributed by atoms with van der Waals surface area (Å²) in [7, 11) is 0. The highest BCUT2D eigenvalue weighted by Gasteiger charge is 2.33. The van der Waals surface area contributed by atoms with Gasteiger partial charge < -0.3 is 16.4 Å². The van der Waals surface area contributed by atoms with Crippen LogP contribution in [0.2, 0.25) is 0 Å². The van der Waals surface area contributed by atoms with E-state index in [9.17, 15) is 4.79 Å². The van der Waals surface area contributed by atoms with Crippen molar-refractivity contribution in [2.75, 3.05) is 17.6 Å². The average Bonchev–Trinajstić information content (AvgIpc) is 3.26. The number of thiophene rings is 1. The molecule has 1 aliphatic rings. The standard InChI is InChI=1S/C16H25N3OS/c1-4-9-18-15(20)14-13(17)12(10-7-8-10)16(21-14)19-11(5-2)6-3/h4,10-11,19H,1,5-9,17H2,2-3H3,(H,18,20). The van der Waals surface area contributed by atoms with Crippen LogP contribution in [0.5, 0.6) is 0 Å². The van der Waals surface area contributed by atoms with E-state index < -0.39 is 0 Å². The van der Waals surface area contributed by atoms with E-state index >= 15 is 0 Å². The van der Waals surface area contributed by atoms with Gasteiger partial charge in [-0.3, -0.25) is 4.79 Å². The second-order valence-electron chi connectivity index (χ2n) is 5.52. The zero-order valence-corrected chi connectivity index (χ0v) is 13.7. The van der Waals surface area contributed by atoms with E-state index in [2.05, 4.69) is 31.1 Å². The van der Waals surface area contributed by atoms with Crippen LogP contribution in [0.15, 0.2) is 12.7 Å². The summed E-state index contributed by atoms with van der Waals surface area (Å²) < 4.78 is 0. The molecule has 0 unspecified atom stereocenters. The summed E-state index contributed by atoms with van der Waals surface area (Å²) in [5, 5.41) is 7.49. The second-order valence-corrected chi connectivity index (χ2v) is 6.54. The van der Waals surface area contributed by atoms with Crippen molar-refractivity contribution < 1.29 is 4.79 Å². The van der Waals surface area contributed by atoms with Crippen molar-refractivity contribution >= 4 is 27.9 Å². The van der Waals surface area contributed by atoms with Crippen LogP contribution in [0.4, 0.5) is 10.7 Å². The molecule has 4 N–H and O–H groups in total. The zero-order valence-electron chi connectivity index (χ0n) is 12.9. The third-order valence-electron chi connectivity index (χ3n) is 3.90. The number of hydrogen-bond donors (Lipinski definition) is 3. The van der Waals surface area contributed by atoms with Crippen LogP contribution in [-0.4, -0.2) is 18.5 Å². The first-order chi connectivity index (χ1) is 10.1. The molecule has 1 aromatic rings. The van der Waals surface area contributed by atoms with Crippen molar-refractivity contribution in [3.8, 4) is 0 Å². The number of hydrogen-bond acceptors (Lipinski definition) is 4. The number of nitrogens with one attached hydrogen (secondary N) is 2. The van der Waals surface area contributed by atoms with Gasteiger partial charge in [0.25, 0.3) is 5.91 Å². The van der Waals surface area contributed by atoms with Gasteiger partial charge >= 0.3 is 0 Å². The van der Waals surface area contributed by atoms with Gasteiger partial charge in [-0.15, -0.1) is 17.9 Å². The minimum Gasteiger partial charge on any atom is -0.397 e. The Morgan fingerprint density at radius 3 is 2.67 bits per heavy atom. The van der Waals surface area contributed by atoms with Crippen LogP contribution in [0, 0.1) is 0 Å². The summed E-state index contributed by atoms with van der Waals surface area (Å²) in [5.74, 6) is 0.427. The largest absolute Gasteiger partial charge is 0.397 e. The Kier molecular flexibility index (Phi) is 5.28. The molecule has 1 aliphatic carbocycles. The smallest absolute Gasteiger partial charge is 0.263 e. The summed E-state index contributed by atoms with van der Waals surface area (Å²) in [6.45, 7) is 8.43. The summed E-state index contributed by atoms with van der Waals surface area (Å²) in [5.41, 5.74) is 8.09. The lowest BCUT2D eigenvalue weighted by Gasteiger charge is -2.16. The van der Waals surface area contributed by atoms with E-state index in [0.29, 0.717) is 29.1 Å². The van der Waals surface area contributed by atoms with Crippen molar-refractivity contribution in [1.82, 2.24) is 5.32 Å². The van der Waals surface area contributed by atoms with Gasteiger partial charge in [-0.2, -0.15) is 0 Å².